The number of nitrogens with zero attached hydrogens (tertiary/aromatic N) is 2. The van der Waals surface area contributed by atoms with Gasteiger partial charge in [0.05, 0.1) is 13.2 Å². The van der Waals surface area contributed by atoms with Crippen molar-refractivity contribution in [2.45, 2.75) is 26.7 Å². The number of hydrogen-bond acceptors (Lipinski definition) is 5. The molecule has 0 spiro atoms. The molecule has 1 heterocycles. The quantitative estimate of drug-likeness (QED) is 0.625. The van der Waals surface area contributed by atoms with Crippen molar-refractivity contribution >= 4 is 17.3 Å². The van der Waals surface area contributed by atoms with Gasteiger partial charge in [-0.15, -0.1) is 0 Å². The molecule has 6 nitrogen and oxygen atoms in total. The molecule has 30 heavy (non-hydrogen) atoms. The molecule has 0 bridgehead atoms. The third-order valence-electron chi connectivity index (χ3n) is 5.25. The minimum atomic E-state index is -0.164. The predicted molar refractivity (Wildman–Crippen MR) is 122 cm³/mol. The number of anilines is 2. The van der Waals surface area contributed by atoms with Crippen LogP contribution in [-0.4, -0.2) is 57.2 Å². The largest absolute Gasteiger partial charge is 0.490 e. The number of ether oxygens (including phenoxy) is 2. The lowest BCUT2D eigenvalue weighted by Gasteiger charge is -2.34. The van der Waals surface area contributed by atoms with Crippen molar-refractivity contribution < 1.29 is 14.3 Å². The SMILES string of the molecule is CCCCOc1ccc(C(=O)Nc2ccc(N3CCN(C)CC3)cc2)cc1OCC. The minimum Gasteiger partial charge on any atom is -0.490 e. The van der Waals surface area contributed by atoms with Crippen LogP contribution in [0.15, 0.2) is 42.5 Å². The molecule has 6 heteroatoms. The standard InChI is InChI=1S/C24H33N3O3/c1-4-6-17-30-22-12-7-19(18-23(22)29-5-2)24(28)25-20-8-10-21(11-9-20)27-15-13-26(3)14-16-27/h7-12,18H,4-6,13-17H2,1-3H3,(H,25,28). The molecule has 2 aromatic rings. The normalized spacial score (nSPS) is 14.4. The van der Waals surface area contributed by atoms with E-state index < -0.39 is 0 Å². The van der Waals surface area contributed by atoms with Crippen LogP contribution >= 0.6 is 0 Å². The number of carbonyl (C=O) groups is 1. The number of hydrogen-bond donors (Lipinski definition) is 1. The third-order valence-corrected chi connectivity index (χ3v) is 5.25. The number of rotatable bonds is 9. The van der Waals surface area contributed by atoms with E-state index >= 15 is 0 Å². The van der Waals surface area contributed by atoms with Crippen LogP contribution in [0.3, 0.4) is 0 Å². The van der Waals surface area contributed by atoms with Crippen molar-refractivity contribution in [1.29, 1.82) is 0 Å². The maximum atomic E-state index is 12.7. The Kier molecular flexibility index (Phi) is 7.97. The Labute approximate surface area is 179 Å². The van der Waals surface area contributed by atoms with Gasteiger partial charge in [0, 0.05) is 43.1 Å². The summed E-state index contributed by atoms with van der Waals surface area (Å²) >= 11 is 0. The van der Waals surface area contributed by atoms with Crippen molar-refractivity contribution in [2.24, 2.45) is 0 Å². The Morgan fingerprint density at radius 2 is 1.70 bits per heavy atom. The van der Waals surface area contributed by atoms with Gasteiger partial charge in [-0.2, -0.15) is 0 Å². The van der Waals surface area contributed by atoms with Crippen molar-refractivity contribution in [1.82, 2.24) is 4.90 Å². The summed E-state index contributed by atoms with van der Waals surface area (Å²) in [6, 6.07) is 13.4. The molecule has 0 aliphatic carbocycles. The molecule has 2 aromatic carbocycles. The van der Waals surface area contributed by atoms with E-state index in [1.54, 1.807) is 12.1 Å². The average molecular weight is 412 g/mol. The van der Waals surface area contributed by atoms with Gasteiger partial charge >= 0.3 is 0 Å². The molecule has 1 amide bonds. The molecule has 0 radical (unpaired) electrons. The molecule has 1 N–H and O–H groups in total. The predicted octanol–water partition coefficient (Wildman–Crippen LogP) is 4.27. The summed E-state index contributed by atoms with van der Waals surface area (Å²) in [5, 5.41) is 2.97. The van der Waals surface area contributed by atoms with E-state index in [1.165, 1.54) is 5.69 Å². The number of nitrogens with one attached hydrogen (secondary N) is 1. The van der Waals surface area contributed by atoms with Gasteiger partial charge in [0.15, 0.2) is 11.5 Å². The van der Waals surface area contributed by atoms with Crippen molar-refractivity contribution in [3.05, 3.63) is 48.0 Å². The lowest BCUT2D eigenvalue weighted by atomic mass is 10.1. The molecular formula is C24H33N3O3. The number of benzene rings is 2. The van der Waals surface area contributed by atoms with E-state index in [2.05, 4.69) is 41.2 Å². The van der Waals surface area contributed by atoms with Gasteiger partial charge in [-0.05, 0) is 62.9 Å². The van der Waals surface area contributed by atoms with Gasteiger partial charge in [-0.3, -0.25) is 4.79 Å². The van der Waals surface area contributed by atoms with E-state index in [-0.39, 0.29) is 5.91 Å². The smallest absolute Gasteiger partial charge is 0.255 e. The van der Waals surface area contributed by atoms with Gasteiger partial charge in [0.2, 0.25) is 0 Å². The fourth-order valence-electron chi connectivity index (χ4n) is 3.39. The molecule has 0 atom stereocenters. The topological polar surface area (TPSA) is 54.0 Å². The van der Waals surface area contributed by atoms with Crippen molar-refractivity contribution in [2.75, 3.05) is 56.7 Å². The fourth-order valence-corrected chi connectivity index (χ4v) is 3.39. The Morgan fingerprint density at radius 3 is 2.37 bits per heavy atom. The summed E-state index contributed by atoms with van der Waals surface area (Å²) in [6.45, 7) is 9.38. The molecule has 1 aliphatic rings. The van der Waals surface area contributed by atoms with Gasteiger partial charge < -0.3 is 24.6 Å². The van der Waals surface area contributed by atoms with Gasteiger partial charge in [-0.1, -0.05) is 13.3 Å². The maximum Gasteiger partial charge on any atom is 0.255 e. The summed E-state index contributed by atoms with van der Waals surface area (Å²) in [6.07, 6.45) is 2.05. The molecule has 0 aromatic heterocycles. The number of likely N-dealkylation sites (N-methyl/N-ethyl adjacent to an activating group) is 1. The zero-order chi connectivity index (χ0) is 21.3. The second kappa shape index (κ2) is 10.9. The Bertz CT molecular complexity index is 815. The Morgan fingerprint density at radius 1 is 0.967 bits per heavy atom. The van der Waals surface area contributed by atoms with E-state index in [0.717, 1.165) is 44.7 Å². The van der Waals surface area contributed by atoms with E-state index in [9.17, 15) is 4.79 Å². The van der Waals surface area contributed by atoms with Crippen LogP contribution in [-0.2, 0) is 0 Å². The first-order valence-corrected chi connectivity index (χ1v) is 10.8. The van der Waals surface area contributed by atoms with Crippen LogP contribution in [0.4, 0.5) is 11.4 Å². The van der Waals surface area contributed by atoms with Crippen molar-refractivity contribution in [3.63, 3.8) is 0 Å². The molecule has 1 fully saturated rings. The van der Waals surface area contributed by atoms with Crippen LogP contribution in [0.2, 0.25) is 0 Å². The summed E-state index contributed by atoms with van der Waals surface area (Å²) < 4.78 is 11.5. The highest BCUT2D eigenvalue weighted by molar-refractivity contribution is 6.04. The van der Waals surface area contributed by atoms with Gasteiger partial charge in [-0.25, -0.2) is 0 Å². The fraction of sp³-hybridized carbons (Fsp3) is 0.458. The number of amides is 1. The Balaban J connectivity index is 1.64. The zero-order valence-corrected chi connectivity index (χ0v) is 18.3. The second-order valence-corrected chi connectivity index (χ2v) is 7.59. The summed E-state index contributed by atoms with van der Waals surface area (Å²) in [4.78, 5) is 17.4. The van der Waals surface area contributed by atoms with E-state index in [4.69, 9.17) is 9.47 Å². The van der Waals surface area contributed by atoms with Crippen LogP contribution in [0.1, 0.15) is 37.0 Å². The number of unbranched alkanes of at least 4 members (excludes halogenated alkanes) is 1. The van der Waals surface area contributed by atoms with Gasteiger partial charge in [0.1, 0.15) is 0 Å². The summed E-state index contributed by atoms with van der Waals surface area (Å²) in [5.74, 6) is 1.12. The first-order valence-electron chi connectivity index (χ1n) is 10.8. The first-order chi connectivity index (χ1) is 14.6. The first kappa shape index (κ1) is 22.0. The van der Waals surface area contributed by atoms with Crippen molar-refractivity contribution in [3.8, 4) is 11.5 Å². The van der Waals surface area contributed by atoms with E-state index in [1.807, 2.05) is 25.1 Å². The van der Waals surface area contributed by atoms with Crippen LogP contribution in [0.5, 0.6) is 11.5 Å². The lowest BCUT2D eigenvalue weighted by molar-refractivity contribution is 0.102. The van der Waals surface area contributed by atoms with Crippen LogP contribution in [0.25, 0.3) is 0 Å². The molecular weight excluding hydrogens is 378 g/mol. The highest BCUT2D eigenvalue weighted by Gasteiger charge is 2.15. The highest BCUT2D eigenvalue weighted by atomic mass is 16.5. The number of carbonyl (C=O) groups excluding carboxylic acids is 1. The monoisotopic (exact) mass is 411 g/mol. The molecule has 162 valence electrons. The second-order valence-electron chi connectivity index (χ2n) is 7.59. The summed E-state index contributed by atoms with van der Waals surface area (Å²) in [7, 11) is 2.15. The maximum absolute atomic E-state index is 12.7. The van der Waals surface area contributed by atoms with Gasteiger partial charge in [0.25, 0.3) is 5.91 Å². The van der Waals surface area contributed by atoms with Crippen LogP contribution < -0.4 is 19.7 Å². The minimum absolute atomic E-state index is 0.164. The third kappa shape index (κ3) is 5.89. The van der Waals surface area contributed by atoms with E-state index in [0.29, 0.717) is 30.3 Å². The highest BCUT2D eigenvalue weighted by Crippen LogP contribution is 2.29. The lowest BCUT2D eigenvalue weighted by Crippen LogP contribution is -2.44. The molecule has 3 rings (SSSR count). The number of piperazine rings is 1. The van der Waals surface area contributed by atoms with Crippen LogP contribution in [0, 0.1) is 0 Å². The summed E-state index contributed by atoms with van der Waals surface area (Å²) in [5.41, 5.74) is 2.51. The molecule has 0 unspecified atom stereocenters. The molecule has 1 aliphatic heterocycles. The average Bonchev–Trinajstić information content (AvgIpc) is 2.76. The molecule has 0 saturated carbocycles. The molecule has 1 saturated heterocycles. The Hall–Kier alpha value is -2.73. The zero-order valence-electron chi connectivity index (χ0n) is 18.3.